The van der Waals surface area contributed by atoms with E-state index < -0.39 is 25.1 Å². The number of carbonyl (C=O) groups excluding carboxylic acids is 1. The predicted octanol–water partition coefficient (Wildman–Crippen LogP) is 3.53. The smallest absolute Gasteiger partial charge is 0.410 e. The van der Waals surface area contributed by atoms with Crippen LogP contribution in [0.15, 0.2) is 60.7 Å². The van der Waals surface area contributed by atoms with Gasteiger partial charge in [0.2, 0.25) is 0 Å². The van der Waals surface area contributed by atoms with E-state index in [9.17, 15) is 14.7 Å². The summed E-state index contributed by atoms with van der Waals surface area (Å²) in [6.07, 6.45) is 0.423. The molecule has 0 radical (unpaired) electrons. The largest absolute Gasteiger partial charge is 0.444 e. The van der Waals surface area contributed by atoms with Crippen LogP contribution >= 0.6 is 0 Å². The minimum atomic E-state index is -3.08. The van der Waals surface area contributed by atoms with Crippen LogP contribution in [-0.4, -0.2) is 54.0 Å². The molecule has 2 N–H and O–H groups in total. The van der Waals surface area contributed by atoms with Crippen molar-refractivity contribution >= 4 is 24.8 Å². The minimum Gasteiger partial charge on any atom is -0.444 e. The van der Waals surface area contributed by atoms with Crippen molar-refractivity contribution in [2.45, 2.75) is 64.2 Å². The van der Waals surface area contributed by atoms with Gasteiger partial charge >= 0.3 is 6.09 Å². The van der Waals surface area contributed by atoms with E-state index in [-0.39, 0.29) is 12.0 Å². The van der Waals surface area contributed by atoms with Gasteiger partial charge in [-0.3, -0.25) is 0 Å². The SMILES string of the molecule is CC(C)(C)OC(=O)N1CC([C@H](O)CCC(C)(C)[Si](O)(c2ccccc2)c2ccccc2)C1. The second-order valence-corrected chi connectivity index (χ2v) is 14.5. The quantitative estimate of drug-likeness (QED) is 0.627. The van der Waals surface area contributed by atoms with Gasteiger partial charge in [0.25, 0.3) is 8.32 Å². The zero-order chi connectivity index (χ0) is 23.6. The zero-order valence-corrected chi connectivity index (χ0v) is 20.9. The number of aliphatic hydroxyl groups excluding tert-OH is 1. The molecule has 32 heavy (non-hydrogen) atoms. The maximum atomic E-state index is 12.2. The molecule has 1 atom stereocenters. The Bertz CT molecular complexity index is 850. The third-order valence-electron chi connectivity index (χ3n) is 6.53. The van der Waals surface area contributed by atoms with Crippen LogP contribution in [0, 0.1) is 5.92 Å². The molecule has 2 aromatic rings. The molecule has 2 aromatic carbocycles. The predicted molar refractivity (Wildman–Crippen MR) is 131 cm³/mol. The average molecular weight is 456 g/mol. The van der Waals surface area contributed by atoms with Gasteiger partial charge < -0.3 is 19.5 Å². The molecule has 0 spiro atoms. The van der Waals surface area contributed by atoms with Crippen molar-refractivity contribution in [2.75, 3.05) is 13.1 Å². The summed E-state index contributed by atoms with van der Waals surface area (Å²) in [7, 11) is -3.08. The normalized spacial score (nSPS) is 16.4. The van der Waals surface area contributed by atoms with E-state index in [0.29, 0.717) is 25.9 Å². The highest BCUT2D eigenvalue weighted by Crippen LogP contribution is 2.41. The average Bonchev–Trinajstić information content (AvgIpc) is 2.70. The van der Waals surface area contributed by atoms with Crippen LogP contribution in [0.4, 0.5) is 4.79 Å². The highest BCUT2D eigenvalue weighted by atomic mass is 28.4. The Morgan fingerprint density at radius 1 is 1.00 bits per heavy atom. The summed E-state index contributed by atoms with van der Waals surface area (Å²) in [5.74, 6) is 0.0431. The van der Waals surface area contributed by atoms with Crippen LogP contribution < -0.4 is 10.4 Å². The Hall–Kier alpha value is -2.15. The van der Waals surface area contributed by atoms with Crippen molar-refractivity contribution in [1.29, 1.82) is 0 Å². The van der Waals surface area contributed by atoms with Gasteiger partial charge in [-0.1, -0.05) is 74.5 Å². The van der Waals surface area contributed by atoms with Crippen LogP contribution in [0.25, 0.3) is 0 Å². The van der Waals surface area contributed by atoms with E-state index >= 15 is 0 Å². The van der Waals surface area contributed by atoms with E-state index in [1.807, 2.05) is 81.4 Å². The van der Waals surface area contributed by atoms with Crippen LogP contribution in [0.2, 0.25) is 5.04 Å². The number of aliphatic hydroxyl groups is 1. The molecule has 0 bridgehead atoms. The summed E-state index contributed by atoms with van der Waals surface area (Å²) in [6, 6.07) is 19.9. The summed E-state index contributed by atoms with van der Waals surface area (Å²) in [4.78, 5) is 26.0. The van der Waals surface area contributed by atoms with Crippen molar-refractivity contribution in [3.05, 3.63) is 60.7 Å². The molecule has 1 aliphatic heterocycles. The first-order chi connectivity index (χ1) is 14.9. The number of likely N-dealkylation sites (tertiary alicyclic amines) is 1. The number of rotatable bonds is 7. The third kappa shape index (κ3) is 5.25. The highest BCUT2D eigenvalue weighted by Gasteiger charge is 2.50. The van der Waals surface area contributed by atoms with E-state index in [1.165, 1.54) is 0 Å². The summed E-state index contributed by atoms with van der Waals surface area (Å²) < 4.78 is 5.40. The van der Waals surface area contributed by atoms with E-state index in [2.05, 4.69) is 13.8 Å². The number of benzene rings is 2. The van der Waals surface area contributed by atoms with Crippen molar-refractivity contribution in [2.24, 2.45) is 5.92 Å². The molecule has 1 amide bonds. The molecular weight excluding hydrogens is 418 g/mol. The maximum Gasteiger partial charge on any atom is 0.410 e. The van der Waals surface area contributed by atoms with Gasteiger partial charge in [0.05, 0.1) is 6.10 Å². The van der Waals surface area contributed by atoms with Crippen molar-refractivity contribution in [3.8, 4) is 0 Å². The van der Waals surface area contributed by atoms with Gasteiger partial charge in [0, 0.05) is 19.0 Å². The molecule has 1 heterocycles. The van der Waals surface area contributed by atoms with Crippen LogP contribution in [-0.2, 0) is 4.74 Å². The number of hydrogen-bond donors (Lipinski definition) is 2. The van der Waals surface area contributed by atoms with Crippen molar-refractivity contribution < 1.29 is 19.4 Å². The van der Waals surface area contributed by atoms with Gasteiger partial charge in [0.1, 0.15) is 5.60 Å². The summed E-state index contributed by atoms with van der Waals surface area (Å²) in [5.41, 5.74) is -0.519. The number of hydrogen-bond acceptors (Lipinski definition) is 4. The van der Waals surface area contributed by atoms with Gasteiger partial charge in [-0.05, 0) is 49.0 Å². The molecule has 174 valence electrons. The molecule has 1 fully saturated rings. The molecule has 0 unspecified atom stereocenters. The fourth-order valence-electron chi connectivity index (χ4n) is 4.46. The van der Waals surface area contributed by atoms with Crippen molar-refractivity contribution in [3.63, 3.8) is 0 Å². The molecular formula is C26H37NO4Si. The number of amides is 1. The Morgan fingerprint density at radius 2 is 1.47 bits per heavy atom. The fourth-order valence-corrected chi connectivity index (χ4v) is 8.22. The Labute approximate surface area is 193 Å². The van der Waals surface area contributed by atoms with Crippen LogP contribution in [0.5, 0.6) is 0 Å². The highest BCUT2D eigenvalue weighted by molar-refractivity contribution is 6.98. The third-order valence-corrected chi connectivity index (χ3v) is 11.1. The standard InChI is InChI=1S/C26H37NO4Si/c1-25(2,3)31-24(29)27-18-20(19-27)23(28)16-17-26(4,5)32(30,21-12-8-6-9-13-21)22-14-10-7-11-15-22/h6-15,20,23,28,30H,16-19H2,1-5H3/t23-/m1/s1. The number of nitrogens with zero attached hydrogens (tertiary/aromatic N) is 1. The van der Waals surface area contributed by atoms with Crippen LogP contribution in [0.1, 0.15) is 47.5 Å². The summed E-state index contributed by atoms with van der Waals surface area (Å²) >= 11 is 0. The molecule has 1 saturated heterocycles. The number of carbonyl (C=O) groups is 1. The first kappa shape index (κ1) is 24.5. The van der Waals surface area contributed by atoms with Gasteiger partial charge in [-0.15, -0.1) is 0 Å². The molecule has 3 rings (SSSR count). The molecule has 5 nitrogen and oxygen atoms in total. The monoisotopic (exact) mass is 455 g/mol. The molecule has 0 aliphatic carbocycles. The van der Waals surface area contributed by atoms with Gasteiger partial charge in [0.15, 0.2) is 0 Å². The lowest BCUT2D eigenvalue weighted by atomic mass is 9.89. The Morgan fingerprint density at radius 3 is 1.91 bits per heavy atom. The number of ether oxygens (including phenoxy) is 1. The van der Waals surface area contributed by atoms with Crippen LogP contribution in [0.3, 0.4) is 0 Å². The summed E-state index contributed by atoms with van der Waals surface area (Å²) in [5, 5.41) is 12.4. The van der Waals surface area contributed by atoms with E-state index in [1.54, 1.807) is 4.90 Å². The molecule has 6 heteroatoms. The Balaban J connectivity index is 1.67. The maximum absolute atomic E-state index is 12.2. The van der Waals surface area contributed by atoms with Crippen molar-refractivity contribution in [1.82, 2.24) is 4.90 Å². The first-order valence-electron chi connectivity index (χ1n) is 11.4. The van der Waals surface area contributed by atoms with E-state index in [4.69, 9.17) is 4.74 Å². The van der Waals surface area contributed by atoms with Gasteiger partial charge in [-0.2, -0.15) is 0 Å². The lowest BCUT2D eigenvalue weighted by Crippen LogP contribution is -2.65. The van der Waals surface area contributed by atoms with E-state index in [0.717, 1.165) is 10.4 Å². The molecule has 1 aliphatic rings. The summed E-state index contributed by atoms with van der Waals surface area (Å²) in [6.45, 7) is 10.8. The zero-order valence-electron chi connectivity index (χ0n) is 19.9. The second kappa shape index (κ2) is 9.38. The lowest BCUT2D eigenvalue weighted by molar-refractivity contribution is -0.0333. The molecule has 0 aromatic heterocycles. The second-order valence-electron chi connectivity index (χ2n) is 10.6. The lowest BCUT2D eigenvalue weighted by Gasteiger charge is -2.44. The topological polar surface area (TPSA) is 70.0 Å². The first-order valence-corrected chi connectivity index (χ1v) is 13.4. The Kier molecular flexibility index (Phi) is 7.17. The van der Waals surface area contributed by atoms with Gasteiger partial charge in [-0.25, -0.2) is 4.79 Å². The minimum absolute atomic E-state index is 0.0431. The molecule has 0 saturated carbocycles. The fraction of sp³-hybridized carbons (Fsp3) is 0.500.